The van der Waals surface area contributed by atoms with Crippen LogP contribution in [-0.4, -0.2) is 35.0 Å². The molecule has 0 aliphatic carbocycles. The fraction of sp³-hybridized carbons (Fsp3) is 1.00. The van der Waals surface area contributed by atoms with Gasteiger partial charge in [-0.2, -0.15) is 0 Å². The molecule has 0 amide bonds. The van der Waals surface area contributed by atoms with E-state index in [9.17, 15) is 10.2 Å². The molecule has 3 atom stereocenters. The molecule has 3 nitrogen and oxygen atoms in total. The van der Waals surface area contributed by atoms with E-state index in [0.717, 1.165) is 25.9 Å². The average molecular weight is 173 g/mol. The SMILES string of the molecule is C[C@@H](O)[C@@](C)(O)[C@H]1CCCNC1. The van der Waals surface area contributed by atoms with Crippen LogP contribution in [0.15, 0.2) is 0 Å². The van der Waals surface area contributed by atoms with Gasteiger partial charge in [0.15, 0.2) is 0 Å². The molecule has 1 heterocycles. The first-order valence-corrected chi connectivity index (χ1v) is 4.66. The van der Waals surface area contributed by atoms with Gasteiger partial charge in [-0.3, -0.25) is 0 Å². The Bertz CT molecular complexity index is 139. The van der Waals surface area contributed by atoms with Gasteiger partial charge in [-0.15, -0.1) is 0 Å². The van der Waals surface area contributed by atoms with Crippen molar-refractivity contribution in [2.75, 3.05) is 13.1 Å². The average Bonchev–Trinajstić information content (AvgIpc) is 2.06. The molecule has 1 aliphatic rings. The zero-order chi connectivity index (χ0) is 9.19. The molecule has 3 N–H and O–H groups in total. The van der Waals surface area contributed by atoms with Crippen LogP contribution in [0.1, 0.15) is 26.7 Å². The van der Waals surface area contributed by atoms with Gasteiger partial charge in [-0.1, -0.05) is 0 Å². The standard InChI is InChI=1S/C9H19NO2/c1-7(11)9(2,12)8-4-3-5-10-6-8/h7-8,10-12H,3-6H2,1-2H3/t7-,8+,9-/m1/s1. The quantitative estimate of drug-likeness (QED) is 0.556. The minimum absolute atomic E-state index is 0.186. The molecule has 0 saturated carbocycles. The maximum Gasteiger partial charge on any atom is 0.0914 e. The first-order valence-electron chi connectivity index (χ1n) is 4.66. The van der Waals surface area contributed by atoms with Crippen molar-refractivity contribution in [3.63, 3.8) is 0 Å². The number of hydrogen-bond donors (Lipinski definition) is 3. The van der Waals surface area contributed by atoms with Gasteiger partial charge in [0.1, 0.15) is 0 Å². The van der Waals surface area contributed by atoms with Gasteiger partial charge in [-0.25, -0.2) is 0 Å². The second kappa shape index (κ2) is 3.73. The van der Waals surface area contributed by atoms with Crippen molar-refractivity contribution in [1.29, 1.82) is 0 Å². The molecule has 0 radical (unpaired) electrons. The number of aliphatic hydroxyl groups is 2. The minimum Gasteiger partial charge on any atom is -0.390 e. The molecule has 0 aromatic carbocycles. The lowest BCUT2D eigenvalue weighted by Gasteiger charge is -2.37. The van der Waals surface area contributed by atoms with Crippen LogP contribution in [0.5, 0.6) is 0 Å². The highest BCUT2D eigenvalue weighted by molar-refractivity contribution is 4.89. The molecule has 1 fully saturated rings. The highest BCUT2D eigenvalue weighted by Gasteiger charge is 2.36. The van der Waals surface area contributed by atoms with E-state index in [0.29, 0.717) is 0 Å². The first kappa shape index (κ1) is 9.96. The molecule has 0 aromatic heterocycles. The Morgan fingerprint density at radius 1 is 1.58 bits per heavy atom. The Kier molecular flexibility index (Phi) is 3.09. The smallest absolute Gasteiger partial charge is 0.0914 e. The van der Waals surface area contributed by atoms with Crippen molar-refractivity contribution in [2.45, 2.75) is 38.4 Å². The first-order chi connectivity index (χ1) is 5.55. The van der Waals surface area contributed by atoms with Crippen LogP contribution in [0, 0.1) is 5.92 Å². The predicted octanol–water partition coefficient (Wildman–Crippen LogP) is 0.118. The van der Waals surface area contributed by atoms with Crippen LogP contribution in [-0.2, 0) is 0 Å². The number of nitrogens with one attached hydrogen (secondary N) is 1. The molecule has 1 aliphatic heterocycles. The summed E-state index contributed by atoms with van der Waals surface area (Å²) in [5.74, 6) is 0.186. The number of rotatable bonds is 2. The van der Waals surface area contributed by atoms with Crippen LogP contribution in [0.4, 0.5) is 0 Å². The summed E-state index contributed by atoms with van der Waals surface area (Å²) in [6.07, 6.45) is 1.45. The highest BCUT2D eigenvalue weighted by Crippen LogP contribution is 2.26. The van der Waals surface area contributed by atoms with Gasteiger partial charge >= 0.3 is 0 Å². The van der Waals surface area contributed by atoms with Gasteiger partial charge in [0.05, 0.1) is 11.7 Å². The van der Waals surface area contributed by atoms with Crippen molar-refractivity contribution in [1.82, 2.24) is 5.32 Å². The lowest BCUT2D eigenvalue weighted by Crippen LogP contribution is -2.50. The molecular weight excluding hydrogens is 154 g/mol. The van der Waals surface area contributed by atoms with Gasteiger partial charge in [0, 0.05) is 12.5 Å². The molecule has 0 unspecified atom stereocenters. The summed E-state index contributed by atoms with van der Waals surface area (Å²) in [6.45, 7) is 5.22. The summed E-state index contributed by atoms with van der Waals surface area (Å²) in [4.78, 5) is 0. The summed E-state index contributed by atoms with van der Waals surface area (Å²) in [5, 5.41) is 22.5. The summed E-state index contributed by atoms with van der Waals surface area (Å²) >= 11 is 0. The Morgan fingerprint density at radius 2 is 2.25 bits per heavy atom. The third kappa shape index (κ3) is 1.97. The summed E-state index contributed by atoms with van der Waals surface area (Å²) in [7, 11) is 0. The second-order valence-electron chi connectivity index (χ2n) is 3.95. The van der Waals surface area contributed by atoms with E-state index in [-0.39, 0.29) is 5.92 Å². The van der Waals surface area contributed by atoms with Crippen LogP contribution in [0.25, 0.3) is 0 Å². The Balaban J connectivity index is 2.53. The van der Waals surface area contributed by atoms with Crippen molar-refractivity contribution >= 4 is 0 Å². The summed E-state index contributed by atoms with van der Waals surface area (Å²) < 4.78 is 0. The van der Waals surface area contributed by atoms with Crippen molar-refractivity contribution in [3.05, 3.63) is 0 Å². The maximum absolute atomic E-state index is 9.93. The highest BCUT2D eigenvalue weighted by atomic mass is 16.3. The molecule has 3 heteroatoms. The lowest BCUT2D eigenvalue weighted by atomic mass is 9.80. The second-order valence-corrected chi connectivity index (χ2v) is 3.95. The zero-order valence-electron chi connectivity index (χ0n) is 7.88. The minimum atomic E-state index is -0.937. The predicted molar refractivity (Wildman–Crippen MR) is 47.9 cm³/mol. The van der Waals surface area contributed by atoms with E-state index in [1.165, 1.54) is 0 Å². The largest absolute Gasteiger partial charge is 0.390 e. The fourth-order valence-corrected chi connectivity index (χ4v) is 1.69. The topological polar surface area (TPSA) is 52.5 Å². The van der Waals surface area contributed by atoms with Crippen LogP contribution < -0.4 is 5.32 Å². The Morgan fingerprint density at radius 3 is 2.67 bits per heavy atom. The maximum atomic E-state index is 9.93. The van der Waals surface area contributed by atoms with E-state index in [1.54, 1.807) is 13.8 Å². The van der Waals surface area contributed by atoms with E-state index in [4.69, 9.17) is 0 Å². The van der Waals surface area contributed by atoms with Crippen molar-refractivity contribution < 1.29 is 10.2 Å². The van der Waals surface area contributed by atoms with Gasteiger partial charge in [-0.05, 0) is 33.2 Å². The molecule has 72 valence electrons. The molecule has 12 heavy (non-hydrogen) atoms. The molecule has 0 aromatic rings. The Labute approximate surface area is 73.8 Å². The number of aliphatic hydroxyl groups excluding tert-OH is 1. The van der Waals surface area contributed by atoms with Crippen LogP contribution in [0.3, 0.4) is 0 Å². The number of piperidine rings is 1. The molecular formula is C9H19NO2. The normalized spacial score (nSPS) is 32.5. The fourth-order valence-electron chi connectivity index (χ4n) is 1.69. The van der Waals surface area contributed by atoms with Crippen LogP contribution in [0.2, 0.25) is 0 Å². The molecule has 0 spiro atoms. The molecule has 1 saturated heterocycles. The van der Waals surface area contributed by atoms with E-state index in [1.807, 2.05) is 0 Å². The van der Waals surface area contributed by atoms with Crippen LogP contribution >= 0.6 is 0 Å². The monoisotopic (exact) mass is 173 g/mol. The molecule has 0 bridgehead atoms. The van der Waals surface area contributed by atoms with E-state index >= 15 is 0 Å². The number of hydrogen-bond acceptors (Lipinski definition) is 3. The van der Waals surface area contributed by atoms with Crippen molar-refractivity contribution in [2.24, 2.45) is 5.92 Å². The van der Waals surface area contributed by atoms with E-state index < -0.39 is 11.7 Å². The molecule has 1 rings (SSSR count). The third-order valence-corrected chi connectivity index (χ3v) is 2.97. The van der Waals surface area contributed by atoms with Crippen molar-refractivity contribution in [3.8, 4) is 0 Å². The van der Waals surface area contributed by atoms with Gasteiger partial charge in [0.2, 0.25) is 0 Å². The van der Waals surface area contributed by atoms with Gasteiger partial charge < -0.3 is 15.5 Å². The zero-order valence-corrected chi connectivity index (χ0v) is 7.88. The summed E-state index contributed by atoms with van der Waals surface area (Å²) in [6, 6.07) is 0. The van der Waals surface area contributed by atoms with E-state index in [2.05, 4.69) is 5.32 Å². The third-order valence-electron chi connectivity index (χ3n) is 2.97. The lowest BCUT2D eigenvalue weighted by molar-refractivity contribution is -0.0974. The summed E-state index contributed by atoms with van der Waals surface area (Å²) in [5.41, 5.74) is -0.937. The Hall–Kier alpha value is -0.120. The van der Waals surface area contributed by atoms with Gasteiger partial charge in [0.25, 0.3) is 0 Å².